The number of benzene rings is 1. The van der Waals surface area contributed by atoms with Crippen LogP contribution in [0.1, 0.15) is 12.0 Å². The number of rotatable bonds is 3. The highest BCUT2D eigenvalue weighted by Crippen LogP contribution is 2.39. The van der Waals surface area contributed by atoms with Crippen molar-refractivity contribution >= 4 is 31.3 Å². The van der Waals surface area contributed by atoms with Crippen molar-refractivity contribution in [2.45, 2.75) is 11.3 Å². The number of fused-ring (bicyclic) bond motifs is 1. The average molecular weight is 302 g/mol. The van der Waals surface area contributed by atoms with E-state index in [9.17, 15) is 8.42 Å². The molecular formula is C11H12BrNO2S. The van der Waals surface area contributed by atoms with Gasteiger partial charge in [0.25, 0.3) is 0 Å². The first-order valence-corrected chi connectivity index (χ1v) is 7.29. The van der Waals surface area contributed by atoms with Gasteiger partial charge in [-0.3, -0.25) is 0 Å². The standard InChI is InChI=1S/C11H12BrNO2S/c1-13-6-5-8-7-16(14,15)10-4-2-3-9(12)11(8)10/h2-4,7,13H,5-6H2,1H3. The number of halogens is 1. The van der Waals surface area contributed by atoms with Crippen LogP contribution < -0.4 is 5.32 Å². The Kier molecular flexibility index (Phi) is 3.19. The Morgan fingerprint density at radius 1 is 1.38 bits per heavy atom. The smallest absolute Gasteiger partial charge is 0.200 e. The zero-order chi connectivity index (χ0) is 11.8. The molecular weight excluding hydrogens is 290 g/mol. The van der Waals surface area contributed by atoms with Crippen LogP contribution in [0.2, 0.25) is 0 Å². The van der Waals surface area contributed by atoms with Crippen LogP contribution in [0.25, 0.3) is 5.57 Å². The quantitative estimate of drug-likeness (QED) is 0.931. The zero-order valence-corrected chi connectivity index (χ0v) is 11.2. The van der Waals surface area contributed by atoms with Gasteiger partial charge >= 0.3 is 0 Å². The minimum absolute atomic E-state index is 0.410. The highest BCUT2D eigenvalue weighted by atomic mass is 79.9. The molecule has 0 bridgehead atoms. The maximum absolute atomic E-state index is 11.9. The van der Waals surface area contributed by atoms with Crippen molar-refractivity contribution in [1.82, 2.24) is 5.32 Å². The predicted molar refractivity (Wildman–Crippen MR) is 67.8 cm³/mol. The van der Waals surface area contributed by atoms with Crippen molar-refractivity contribution in [3.63, 3.8) is 0 Å². The molecule has 1 aromatic rings. The van der Waals surface area contributed by atoms with E-state index in [1.54, 1.807) is 12.1 Å². The second-order valence-electron chi connectivity index (χ2n) is 3.65. The molecule has 3 nitrogen and oxygen atoms in total. The van der Waals surface area contributed by atoms with Gasteiger partial charge in [-0.25, -0.2) is 8.42 Å². The Labute approximate surface area is 104 Å². The van der Waals surface area contributed by atoms with Crippen LogP contribution in [0.4, 0.5) is 0 Å². The number of hydrogen-bond donors (Lipinski definition) is 1. The van der Waals surface area contributed by atoms with Crippen molar-refractivity contribution < 1.29 is 8.42 Å². The van der Waals surface area contributed by atoms with Crippen LogP contribution in [0.15, 0.2) is 33.0 Å². The van der Waals surface area contributed by atoms with Crippen LogP contribution >= 0.6 is 15.9 Å². The monoisotopic (exact) mass is 301 g/mol. The molecule has 0 saturated carbocycles. The summed E-state index contributed by atoms with van der Waals surface area (Å²) < 4.78 is 24.6. The Morgan fingerprint density at radius 2 is 2.12 bits per heavy atom. The third kappa shape index (κ3) is 1.95. The van der Waals surface area contributed by atoms with Gasteiger partial charge in [0.15, 0.2) is 0 Å². The molecule has 86 valence electrons. The van der Waals surface area contributed by atoms with E-state index < -0.39 is 9.84 Å². The van der Waals surface area contributed by atoms with Gasteiger partial charge < -0.3 is 5.32 Å². The molecule has 1 aliphatic rings. The normalized spacial score (nSPS) is 17.0. The molecule has 0 aliphatic carbocycles. The Bertz CT molecular complexity index is 549. The van der Waals surface area contributed by atoms with Crippen molar-refractivity contribution in [3.8, 4) is 0 Å². The van der Waals surface area contributed by atoms with E-state index >= 15 is 0 Å². The Hall–Kier alpha value is -0.650. The third-order valence-electron chi connectivity index (χ3n) is 2.54. The molecule has 0 radical (unpaired) electrons. The highest BCUT2D eigenvalue weighted by Gasteiger charge is 2.27. The minimum atomic E-state index is -3.23. The molecule has 0 aromatic heterocycles. The molecule has 5 heteroatoms. The maximum atomic E-state index is 11.9. The Morgan fingerprint density at radius 3 is 2.81 bits per heavy atom. The van der Waals surface area contributed by atoms with E-state index in [0.29, 0.717) is 11.3 Å². The molecule has 0 unspecified atom stereocenters. The van der Waals surface area contributed by atoms with Crippen LogP contribution in [0.3, 0.4) is 0 Å². The summed E-state index contributed by atoms with van der Waals surface area (Å²) in [6, 6.07) is 5.26. The molecule has 0 amide bonds. The van der Waals surface area contributed by atoms with Crippen molar-refractivity contribution in [3.05, 3.63) is 33.6 Å². The molecule has 0 fully saturated rings. The van der Waals surface area contributed by atoms with E-state index in [0.717, 1.165) is 22.2 Å². The Balaban J connectivity index is 2.53. The summed E-state index contributed by atoms with van der Waals surface area (Å²) in [5, 5.41) is 4.40. The van der Waals surface area contributed by atoms with E-state index in [1.807, 2.05) is 13.1 Å². The van der Waals surface area contributed by atoms with Crippen LogP contribution in [0.5, 0.6) is 0 Å². The molecule has 0 spiro atoms. The van der Waals surface area contributed by atoms with Gasteiger partial charge in [-0.15, -0.1) is 0 Å². The first kappa shape index (κ1) is 11.8. The third-order valence-corrected chi connectivity index (χ3v) is 4.75. The molecule has 0 saturated heterocycles. The van der Waals surface area contributed by atoms with Gasteiger partial charge in [-0.05, 0) is 37.7 Å². The number of hydrogen-bond acceptors (Lipinski definition) is 3. The first-order chi connectivity index (χ1) is 7.56. The SMILES string of the molecule is CNCCC1=CS(=O)(=O)c2cccc(Br)c21. The van der Waals surface area contributed by atoms with E-state index in [-0.39, 0.29) is 0 Å². The molecule has 2 rings (SSSR count). The summed E-state index contributed by atoms with van der Waals surface area (Å²) in [5.41, 5.74) is 1.69. The summed E-state index contributed by atoms with van der Waals surface area (Å²) in [5.74, 6) is 0. The summed E-state index contributed by atoms with van der Waals surface area (Å²) in [4.78, 5) is 0.410. The van der Waals surface area contributed by atoms with Gasteiger partial charge in [-0.2, -0.15) is 0 Å². The van der Waals surface area contributed by atoms with Gasteiger partial charge in [0, 0.05) is 15.4 Å². The van der Waals surface area contributed by atoms with Crippen LogP contribution in [0, 0.1) is 0 Å². The molecule has 1 aliphatic heterocycles. The van der Waals surface area contributed by atoms with Gasteiger partial charge in [-0.1, -0.05) is 22.0 Å². The predicted octanol–water partition coefficient (Wildman–Crippen LogP) is 2.19. The topological polar surface area (TPSA) is 46.2 Å². The van der Waals surface area contributed by atoms with Crippen LogP contribution in [-0.4, -0.2) is 22.0 Å². The van der Waals surface area contributed by atoms with Gasteiger partial charge in [0.2, 0.25) is 9.84 Å². The summed E-state index contributed by atoms with van der Waals surface area (Å²) in [6.45, 7) is 0.766. The largest absolute Gasteiger partial charge is 0.319 e. The lowest BCUT2D eigenvalue weighted by atomic mass is 10.1. The lowest BCUT2D eigenvalue weighted by Crippen LogP contribution is -2.07. The fourth-order valence-corrected chi connectivity index (χ4v) is 4.09. The molecule has 1 aromatic carbocycles. The zero-order valence-electron chi connectivity index (χ0n) is 8.83. The summed E-state index contributed by atoms with van der Waals surface area (Å²) >= 11 is 3.41. The maximum Gasteiger partial charge on any atom is 0.200 e. The van der Waals surface area contributed by atoms with E-state index in [2.05, 4.69) is 21.2 Å². The average Bonchev–Trinajstić information content (AvgIpc) is 2.49. The second-order valence-corrected chi connectivity index (χ2v) is 6.27. The van der Waals surface area contributed by atoms with Gasteiger partial charge in [0.05, 0.1) is 4.90 Å². The van der Waals surface area contributed by atoms with Crippen molar-refractivity contribution in [2.75, 3.05) is 13.6 Å². The lowest BCUT2D eigenvalue weighted by molar-refractivity contribution is 0.605. The van der Waals surface area contributed by atoms with Crippen molar-refractivity contribution in [2.24, 2.45) is 0 Å². The summed E-state index contributed by atoms with van der Waals surface area (Å²) in [6.07, 6.45) is 0.714. The van der Waals surface area contributed by atoms with Gasteiger partial charge in [0.1, 0.15) is 0 Å². The van der Waals surface area contributed by atoms with Crippen molar-refractivity contribution in [1.29, 1.82) is 0 Å². The fraction of sp³-hybridized carbons (Fsp3) is 0.273. The minimum Gasteiger partial charge on any atom is -0.319 e. The number of sulfone groups is 1. The second kappa shape index (κ2) is 4.31. The molecule has 0 atom stereocenters. The fourth-order valence-electron chi connectivity index (χ4n) is 1.81. The van der Waals surface area contributed by atoms with E-state index in [1.165, 1.54) is 5.41 Å². The summed E-state index contributed by atoms with van der Waals surface area (Å²) in [7, 11) is -1.38. The first-order valence-electron chi connectivity index (χ1n) is 4.95. The molecule has 1 heterocycles. The molecule has 16 heavy (non-hydrogen) atoms. The van der Waals surface area contributed by atoms with E-state index in [4.69, 9.17) is 0 Å². The highest BCUT2D eigenvalue weighted by molar-refractivity contribution is 9.10. The number of nitrogens with one attached hydrogen (secondary N) is 1. The van der Waals surface area contributed by atoms with Crippen LogP contribution in [-0.2, 0) is 9.84 Å². The lowest BCUT2D eigenvalue weighted by Gasteiger charge is -2.06. The molecule has 1 N–H and O–H groups in total.